The fourth-order valence-corrected chi connectivity index (χ4v) is 19.2. The molecule has 0 aliphatic heterocycles. The summed E-state index contributed by atoms with van der Waals surface area (Å²) in [6, 6.07) is 0. The maximum absolute atomic E-state index is 9.94. The molecule has 0 bridgehead atoms. The Morgan fingerprint density at radius 3 is 1.23 bits per heavy atom. The van der Waals surface area contributed by atoms with Gasteiger partial charge in [0.1, 0.15) is 0 Å². The molecule has 0 aromatic heterocycles. The molecule has 8 saturated carbocycles. The van der Waals surface area contributed by atoms with E-state index in [9.17, 15) is 40.9 Å². The summed E-state index contributed by atoms with van der Waals surface area (Å²) in [5, 5.41) is 77.7. The Morgan fingerprint density at radius 2 is 0.698 bits per heavy atom. The molecule has 8 N–H and O–H groups in total. The first-order chi connectivity index (χ1) is 45.2. The first-order valence-electron chi connectivity index (χ1n) is 42.6. The molecule has 0 amide bonds. The fourth-order valence-electron chi connectivity index (χ4n) is 19.2. The van der Waals surface area contributed by atoms with Crippen LogP contribution >= 0.6 is 0 Å². The van der Waals surface area contributed by atoms with Crippen LogP contribution in [0.4, 0.5) is 0 Å². The number of hydrogen-bond donors (Lipinski definition) is 8. The van der Waals surface area contributed by atoms with Crippen molar-refractivity contribution in [2.75, 3.05) is 0 Å². The van der Waals surface area contributed by atoms with Crippen LogP contribution in [0.3, 0.4) is 0 Å². The van der Waals surface area contributed by atoms with Gasteiger partial charge in [-0.2, -0.15) is 0 Å². The van der Waals surface area contributed by atoms with Crippen molar-refractivity contribution in [1.29, 1.82) is 0 Å². The predicted octanol–water partition coefficient (Wildman–Crippen LogP) is 22.6. The van der Waals surface area contributed by atoms with Crippen LogP contribution in [0.15, 0.2) is 0 Å². The van der Waals surface area contributed by atoms with Crippen LogP contribution in [-0.4, -0.2) is 89.7 Å². The molecule has 0 saturated heterocycles. The monoisotopic (exact) mass is 1360 g/mol. The zero-order chi connectivity index (χ0) is 73.1. The van der Waals surface area contributed by atoms with Crippen LogP contribution < -0.4 is 0 Å². The van der Waals surface area contributed by atoms with Crippen molar-refractivity contribution in [2.45, 2.75) is 420 Å². The van der Waals surface area contributed by atoms with Gasteiger partial charge in [-0.25, -0.2) is 0 Å². The molecule has 32 unspecified atom stereocenters. The molecule has 8 rings (SSSR count). The molecule has 0 radical (unpaired) electrons. The van der Waals surface area contributed by atoms with Gasteiger partial charge in [-0.05, 0) is 270 Å². The fraction of sp³-hybridized carbons (Fsp3) is 1.00. The van der Waals surface area contributed by atoms with Gasteiger partial charge >= 0.3 is 0 Å². The van der Waals surface area contributed by atoms with Gasteiger partial charge in [0, 0.05) is 0 Å². The minimum atomic E-state index is -0.0336. The molecule has 8 aliphatic rings. The van der Waals surface area contributed by atoms with Crippen LogP contribution in [0.25, 0.3) is 0 Å². The Labute approximate surface area is 600 Å². The van der Waals surface area contributed by atoms with E-state index in [4.69, 9.17) is 0 Å². The quantitative estimate of drug-likeness (QED) is 0.0758. The molecule has 0 aromatic rings. The largest absolute Gasteiger partial charge is 0.393 e. The van der Waals surface area contributed by atoms with Gasteiger partial charge in [0.2, 0.25) is 0 Å². The van der Waals surface area contributed by atoms with Gasteiger partial charge in [-0.15, -0.1) is 0 Å². The normalized spacial score (nSPS) is 39.5. The average Bonchev–Trinajstić information content (AvgIpc) is 1.15. The van der Waals surface area contributed by atoms with Gasteiger partial charge in [0.25, 0.3) is 0 Å². The summed E-state index contributed by atoms with van der Waals surface area (Å²) in [7, 11) is 0. The molecule has 0 aromatic carbocycles. The van der Waals surface area contributed by atoms with E-state index in [2.05, 4.69) is 166 Å². The van der Waals surface area contributed by atoms with Gasteiger partial charge < -0.3 is 40.9 Å². The SMILES string of the molecule is CCC(C)C1C(C)CCCC1O.CCC(C)C1CC(C)CC(O)C1.CCC(C)C1CC(C)CCC1O.CCC(C)C1CC(O)CCC1C.CCC(C)C1CCC(C)C(O)C1.CCC(C)C1CCC(C)CC1O.CCC(C)C1CCC(O)CC1C.CCC(C)C1CCCC(C)C1O. The number of rotatable bonds is 16. The van der Waals surface area contributed by atoms with Crippen LogP contribution in [0.2, 0.25) is 0 Å². The van der Waals surface area contributed by atoms with Crippen molar-refractivity contribution in [3.05, 3.63) is 0 Å². The Kier molecular flexibility index (Phi) is 49.7. The van der Waals surface area contributed by atoms with Gasteiger partial charge in [-0.3, -0.25) is 0 Å². The molecule has 8 heteroatoms. The molecular formula is C88H176O8. The van der Waals surface area contributed by atoms with Crippen molar-refractivity contribution < 1.29 is 40.9 Å². The van der Waals surface area contributed by atoms with Gasteiger partial charge in [-0.1, -0.05) is 243 Å². The minimum Gasteiger partial charge on any atom is -0.393 e. The second-order valence-electron chi connectivity index (χ2n) is 36.1. The van der Waals surface area contributed by atoms with Crippen LogP contribution in [0.5, 0.6) is 0 Å². The molecule has 0 heterocycles. The summed E-state index contributed by atoms with van der Waals surface area (Å²) in [6.07, 6.45) is 37.6. The lowest BCUT2D eigenvalue weighted by molar-refractivity contribution is 0.000478. The van der Waals surface area contributed by atoms with E-state index < -0.39 is 0 Å². The third kappa shape index (κ3) is 34.5. The molecular weight excluding hydrogens is 1180 g/mol. The lowest BCUT2D eigenvalue weighted by atomic mass is 9.71. The number of aliphatic hydroxyl groups is 8. The smallest absolute Gasteiger partial charge is 0.0596 e. The summed E-state index contributed by atoms with van der Waals surface area (Å²) in [5.74, 6) is 17.1. The van der Waals surface area contributed by atoms with Crippen molar-refractivity contribution in [1.82, 2.24) is 0 Å². The lowest BCUT2D eigenvalue weighted by Crippen LogP contribution is -2.35. The van der Waals surface area contributed by atoms with E-state index in [0.717, 1.165) is 147 Å². The first-order valence-corrected chi connectivity index (χ1v) is 42.6. The van der Waals surface area contributed by atoms with Gasteiger partial charge in [0.05, 0.1) is 48.8 Å². The molecule has 0 spiro atoms. The molecule has 8 fully saturated rings. The maximum atomic E-state index is 9.94. The molecule has 8 nitrogen and oxygen atoms in total. The summed E-state index contributed by atoms with van der Waals surface area (Å²) < 4.78 is 0. The standard InChI is InChI=1S/8C11H22O/c1-4-9(3)10-5-8(2)6-11(12)7-10;1-4-9(3)10-7-8(2)5-6-11(10)12;1-4-9(3)10-6-5-8(2)7-11(10)12;1-4-8(2)11-6-5-10(12)7-9(11)3;1-4-8(2)11-7-10(12)6-5-9(11)3;1-4-8(2)10-6-5-9(3)11(12)7-10;1-4-8(2)11-9(3)6-5-7-10(11)12;1-4-8(2)10-7-5-6-9(3)11(10)12/h8*8-12H,4-7H2,1-3H3. The Bertz CT molecular complexity index is 1720. The molecule has 32 atom stereocenters. The minimum absolute atomic E-state index is 0.0136. The van der Waals surface area contributed by atoms with E-state index in [1.165, 1.54) is 141 Å². The van der Waals surface area contributed by atoms with Crippen LogP contribution in [0, 0.1) is 142 Å². The zero-order valence-electron chi connectivity index (χ0n) is 68.7. The number of hydrogen-bond acceptors (Lipinski definition) is 8. The second-order valence-corrected chi connectivity index (χ2v) is 36.1. The van der Waals surface area contributed by atoms with E-state index in [0.29, 0.717) is 59.2 Å². The summed E-state index contributed by atoms with van der Waals surface area (Å²) >= 11 is 0. The zero-order valence-corrected chi connectivity index (χ0v) is 68.7. The highest BCUT2D eigenvalue weighted by atomic mass is 16.3. The van der Waals surface area contributed by atoms with Crippen LogP contribution in [0.1, 0.15) is 372 Å². The van der Waals surface area contributed by atoms with Gasteiger partial charge in [0.15, 0.2) is 0 Å². The number of aliphatic hydroxyl groups excluding tert-OH is 8. The Hall–Kier alpha value is -0.320. The third-order valence-electron chi connectivity index (χ3n) is 28.4. The van der Waals surface area contributed by atoms with Crippen LogP contribution in [-0.2, 0) is 0 Å². The third-order valence-corrected chi connectivity index (χ3v) is 28.4. The highest BCUT2D eigenvalue weighted by Gasteiger charge is 2.37. The summed E-state index contributed by atoms with van der Waals surface area (Å²) in [5.41, 5.74) is 0. The highest BCUT2D eigenvalue weighted by molar-refractivity contribution is 4.87. The lowest BCUT2D eigenvalue weighted by Gasteiger charge is -2.37. The van der Waals surface area contributed by atoms with E-state index in [1.807, 2.05) is 0 Å². The topological polar surface area (TPSA) is 162 Å². The van der Waals surface area contributed by atoms with E-state index in [1.54, 1.807) is 0 Å². The van der Waals surface area contributed by atoms with E-state index in [-0.39, 0.29) is 48.8 Å². The van der Waals surface area contributed by atoms with E-state index >= 15 is 0 Å². The molecule has 96 heavy (non-hydrogen) atoms. The highest BCUT2D eigenvalue weighted by Crippen LogP contribution is 2.42. The average molecular weight is 1360 g/mol. The summed E-state index contributed by atoms with van der Waals surface area (Å²) in [4.78, 5) is 0. The Morgan fingerprint density at radius 1 is 0.240 bits per heavy atom. The summed E-state index contributed by atoms with van der Waals surface area (Å²) in [6.45, 7) is 54.3. The molecule has 8 aliphatic carbocycles. The van der Waals surface area contributed by atoms with Crippen molar-refractivity contribution in [2.24, 2.45) is 142 Å². The van der Waals surface area contributed by atoms with Crippen molar-refractivity contribution in [3.63, 3.8) is 0 Å². The second kappa shape index (κ2) is 51.0. The van der Waals surface area contributed by atoms with Crippen molar-refractivity contribution in [3.8, 4) is 0 Å². The first kappa shape index (κ1) is 93.7. The van der Waals surface area contributed by atoms with Crippen molar-refractivity contribution >= 4 is 0 Å². The molecule has 576 valence electrons. The predicted molar refractivity (Wildman–Crippen MR) is 416 cm³/mol. The Balaban J connectivity index is 0.000000549. The maximum Gasteiger partial charge on any atom is 0.0596 e.